The van der Waals surface area contributed by atoms with Crippen molar-refractivity contribution in [2.24, 2.45) is 17.1 Å². The van der Waals surface area contributed by atoms with Crippen molar-refractivity contribution >= 4 is 11.8 Å². The molecule has 0 aliphatic carbocycles. The molecule has 1 fully saturated rings. The number of rotatable bonds is 4. The molecule has 5 heteroatoms. The highest BCUT2D eigenvalue weighted by molar-refractivity contribution is 5.94. The first-order chi connectivity index (χ1) is 11.3. The number of hydrogen-bond donors (Lipinski definition) is 2. The van der Waals surface area contributed by atoms with Gasteiger partial charge in [-0.05, 0) is 36.3 Å². The Morgan fingerprint density at radius 1 is 1.29 bits per heavy atom. The minimum atomic E-state index is -0.491. The van der Waals surface area contributed by atoms with Gasteiger partial charge in [-0.2, -0.15) is 0 Å². The summed E-state index contributed by atoms with van der Waals surface area (Å²) in [5.41, 5.74) is 6.53. The maximum atomic E-state index is 12.6. The predicted molar refractivity (Wildman–Crippen MR) is 95.5 cm³/mol. The third-order valence-corrected chi connectivity index (χ3v) is 4.62. The van der Waals surface area contributed by atoms with E-state index in [1.165, 1.54) is 0 Å². The third kappa shape index (κ3) is 4.81. The van der Waals surface area contributed by atoms with E-state index in [1.807, 2.05) is 43.9 Å². The molecular weight excluding hydrogens is 302 g/mol. The number of carbonyl (C=O) groups excluding carboxylic acids is 2. The van der Waals surface area contributed by atoms with Gasteiger partial charge in [0.2, 0.25) is 5.91 Å². The van der Waals surface area contributed by atoms with Crippen molar-refractivity contribution in [1.29, 1.82) is 0 Å². The largest absolute Gasteiger partial charge is 0.352 e. The Kier molecular flexibility index (Phi) is 5.99. The van der Waals surface area contributed by atoms with E-state index < -0.39 is 6.04 Å². The molecule has 1 saturated heterocycles. The molecule has 0 saturated carbocycles. The maximum absolute atomic E-state index is 12.6. The summed E-state index contributed by atoms with van der Waals surface area (Å²) < 4.78 is 0. The molecule has 0 aromatic heterocycles. The van der Waals surface area contributed by atoms with Gasteiger partial charge in [0.1, 0.15) is 0 Å². The highest BCUT2D eigenvalue weighted by atomic mass is 16.2. The number of nitrogens with two attached hydrogens (primary N) is 1. The normalized spacial score (nSPS) is 19.7. The van der Waals surface area contributed by atoms with Gasteiger partial charge in [0, 0.05) is 25.2 Å². The number of piperidine rings is 1. The number of likely N-dealkylation sites (tertiary alicyclic amines) is 1. The zero-order valence-corrected chi connectivity index (χ0v) is 14.9. The standard InChI is InChI=1S/C19H29N3O2/c1-19(2,3)16(20)18(24)22-11-7-8-14(13-22)12-21-17(23)15-9-5-4-6-10-15/h4-6,9-10,14,16H,7-8,11-13,20H2,1-3H3,(H,21,23)/t14?,16-/m1/s1. The second kappa shape index (κ2) is 7.79. The molecule has 1 aromatic rings. The molecule has 2 rings (SSSR count). The Bertz CT molecular complexity index is 566. The van der Waals surface area contributed by atoms with E-state index in [0.717, 1.165) is 19.4 Å². The van der Waals surface area contributed by atoms with Gasteiger partial charge >= 0.3 is 0 Å². The summed E-state index contributed by atoms with van der Waals surface area (Å²) in [6.07, 6.45) is 1.97. The molecular formula is C19H29N3O2. The van der Waals surface area contributed by atoms with Crippen LogP contribution >= 0.6 is 0 Å². The molecule has 1 aromatic carbocycles. The quantitative estimate of drug-likeness (QED) is 0.886. The van der Waals surface area contributed by atoms with Gasteiger partial charge in [0.05, 0.1) is 6.04 Å². The van der Waals surface area contributed by atoms with Crippen LogP contribution in [-0.4, -0.2) is 42.4 Å². The van der Waals surface area contributed by atoms with Crippen LogP contribution in [0.4, 0.5) is 0 Å². The number of benzene rings is 1. The molecule has 0 radical (unpaired) electrons. The fourth-order valence-electron chi connectivity index (χ4n) is 2.93. The Labute approximate surface area is 144 Å². The molecule has 1 unspecified atom stereocenters. The van der Waals surface area contributed by atoms with Crippen LogP contribution < -0.4 is 11.1 Å². The highest BCUT2D eigenvalue weighted by Gasteiger charge is 2.33. The van der Waals surface area contributed by atoms with Crippen molar-refractivity contribution < 1.29 is 9.59 Å². The van der Waals surface area contributed by atoms with E-state index in [4.69, 9.17) is 5.73 Å². The molecule has 0 bridgehead atoms. The Morgan fingerprint density at radius 3 is 2.58 bits per heavy atom. The van der Waals surface area contributed by atoms with Crippen molar-refractivity contribution in [3.8, 4) is 0 Å². The SMILES string of the molecule is CC(C)(C)[C@H](N)C(=O)N1CCCC(CNC(=O)c2ccccc2)C1. The summed E-state index contributed by atoms with van der Waals surface area (Å²) in [7, 11) is 0. The first kappa shape index (κ1) is 18.5. The van der Waals surface area contributed by atoms with Crippen LogP contribution in [0.3, 0.4) is 0 Å². The summed E-state index contributed by atoms with van der Waals surface area (Å²) in [5, 5.41) is 2.98. The Balaban J connectivity index is 1.87. The molecule has 132 valence electrons. The number of nitrogens with one attached hydrogen (secondary N) is 1. The minimum Gasteiger partial charge on any atom is -0.352 e. The van der Waals surface area contributed by atoms with Gasteiger partial charge in [0.25, 0.3) is 5.91 Å². The molecule has 1 heterocycles. The molecule has 1 aliphatic rings. The van der Waals surface area contributed by atoms with E-state index in [1.54, 1.807) is 12.1 Å². The van der Waals surface area contributed by atoms with Gasteiger partial charge in [-0.3, -0.25) is 9.59 Å². The number of hydrogen-bond acceptors (Lipinski definition) is 3. The third-order valence-electron chi connectivity index (χ3n) is 4.62. The highest BCUT2D eigenvalue weighted by Crippen LogP contribution is 2.22. The lowest BCUT2D eigenvalue weighted by molar-refractivity contribution is -0.136. The van der Waals surface area contributed by atoms with Gasteiger partial charge in [0.15, 0.2) is 0 Å². The maximum Gasteiger partial charge on any atom is 0.251 e. The van der Waals surface area contributed by atoms with E-state index in [9.17, 15) is 9.59 Å². The average molecular weight is 331 g/mol. The molecule has 3 N–H and O–H groups in total. The van der Waals surface area contributed by atoms with Gasteiger partial charge < -0.3 is 16.0 Å². The number of nitrogens with zero attached hydrogens (tertiary/aromatic N) is 1. The van der Waals surface area contributed by atoms with Crippen molar-refractivity contribution in [2.75, 3.05) is 19.6 Å². The fourth-order valence-corrected chi connectivity index (χ4v) is 2.93. The van der Waals surface area contributed by atoms with Crippen molar-refractivity contribution in [1.82, 2.24) is 10.2 Å². The molecule has 2 atom stereocenters. The summed E-state index contributed by atoms with van der Waals surface area (Å²) in [6, 6.07) is 8.70. The monoisotopic (exact) mass is 331 g/mol. The smallest absolute Gasteiger partial charge is 0.251 e. The molecule has 2 amide bonds. The van der Waals surface area contributed by atoms with E-state index in [-0.39, 0.29) is 23.1 Å². The second-order valence-electron chi connectivity index (χ2n) is 7.71. The summed E-state index contributed by atoms with van der Waals surface area (Å²) in [4.78, 5) is 26.6. The minimum absolute atomic E-state index is 0.0154. The van der Waals surface area contributed by atoms with Crippen LogP contribution in [0, 0.1) is 11.3 Å². The zero-order chi connectivity index (χ0) is 17.7. The summed E-state index contributed by atoms with van der Waals surface area (Å²) in [6.45, 7) is 7.96. The lowest BCUT2D eigenvalue weighted by atomic mass is 9.86. The first-order valence-electron chi connectivity index (χ1n) is 8.66. The van der Waals surface area contributed by atoms with Crippen molar-refractivity contribution in [3.63, 3.8) is 0 Å². The van der Waals surface area contributed by atoms with Crippen LogP contribution in [0.15, 0.2) is 30.3 Å². The van der Waals surface area contributed by atoms with Crippen LogP contribution in [-0.2, 0) is 4.79 Å². The van der Waals surface area contributed by atoms with Gasteiger partial charge in [-0.1, -0.05) is 39.0 Å². The van der Waals surface area contributed by atoms with E-state index in [0.29, 0.717) is 18.7 Å². The van der Waals surface area contributed by atoms with Crippen LogP contribution in [0.25, 0.3) is 0 Å². The lowest BCUT2D eigenvalue weighted by Gasteiger charge is -2.37. The molecule has 5 nitrogen and oxygen atoms in total. The Hall–Kier alpha value is -1.88. The van der Waals surface area contributed by atoms with Crippen LogP contribution in [0.2, 0.25) is 0 Å². The predicted octanol–water partition coefficient (Wildman–Crippen LogP) is 2.03. The van der Waals surface area contributed by atoms with E-state index in [2.05, 4.69) is 5.32 Å². The average Bonchev–Trinajstić information content (AvgIpc) is 2.58. The van der Waals surface area contributed by atoms with Crippen molar-refractivity contribution in [3.05, 3.63) is 35.9 Å². The second-order valence-corrected chi connectivity index (χ2v) is 7.71. The molecule has 24 heavy (non-hydrogen) atoms. The lowest BCUT2D eigenvalue weighted by Crippen LogP contribution is -2.53. The fraction of sp³-hybridized carbons (Fsp3) is 0.579. The molecule has 0 spiro atoms. The Morgan fingerprint density at radius 2 is 1.96 bits per heavy atom. The summed E-state index contributed by atoms with van der Waals surface area (Å²) >= 11 is 0. The van der Waals surface area contributed by atoms with Crippen LogP contribution in [0.1, 0.15) is 44.0 Å². The number of amides is 2. The molecule has 1 aliphatic heterocycles. The summed E-state index contributed by atoms with van der Waals surface area (Å²) in [5.74, 6) is 0.231. The van der Waals surface area contributed by atoms with Crippen LogP contribution in [0.5, 0.6) is 0 Å². The van der Waals surface area contributed by atoms with Gasteiger partial charge in [-0.15, -0.1) is 0 Å². The van der Waals surface area contributed by atoms with Crippen molar-refractivity contribution in [2.45, 2.75) is 39.7 Å². The number of carbonyl (C=O) groups is 2. The van der Waals surface area contributed by atoms with Gasteiger partial charge in [-0.25, -0.2) is 0 Å². The first-order valence-corrected chi connectivity index (χ1v) is 8.66. The zero-order valence-electron chi connectivity index (χ0n) is 14.9. The van der Waals surface area contributed by atoms with E-state index >= 15 is 0 Å². The topological polar surface area (TPSA) is 75.4 Å².